The normalized spacial score (nSPS) is 17.2. The summed E-state index contributed by atoms with van der Waals surface area (Å²) in [5.41, 5.74) is 0.893. The van der Waals surface area contributed by atoms with Gasteiger partial charge in [-0.25, -0.2) is 0 Å². The van der Waals surface area contributed by atoms with Crippen LogP contribution >= 0.6 is 0 Å². The molecule has 0 radical (unpaired) electrons. The number of rotatable bonds is 7. The van der Waals surface area contributed by atoms with Crippen molar-refractivity contribution in [2.45, 2.75) is 25.7 Å². The van der Waals surface area contributed by atoms with E-state index in [2.05, 4.69) is 10.6 Å². The standard InChI is InChI=1S/C21H28N4O5/c1-24(10-6-14-4-8-22-9-5-14)20(29)15-2-3-17-16(12-15)21(30)25(11-7-19(27)28)13-18(26)23-17/h2-3,12,14,22H,4-11,13H2,1H3,(H,23,26)(H,27,28). The maximum Gasteiger partial charge on any atom is 0.305 e. The molecule has 162 valence electrons. The number of nitrogens with zero attached hydrogens (tertiary/aromatic N) is 2. The van der Waals surface area contributed by atoms with Crippen molar-refractivity contribution in [2.24, 2.45) is 5.92 Å². The van der Waals surface area contributed by atoms with E-state index in [0.29, 0.717) is 23.7 Å². The highest BCUT2D eigenvalue weighted by Gasteiger charge is 2.28. The number of amides is 3. The van der Waals surface area contributed by atoms with E-state index in [9.17, 15) is 19.2 Å². The topological polar surface area (TPSA) is 119 Å². The van der Waals surface area contributed by atoms with Crippen LogP contribution in [0.2, 0.25) is 0 Å². The van der Waals surface area contributed by atoms with Crippen LogP contribution in [-0.2, 0) is 9.59 Å². The number of carboxylic acid groups (broad SMARTS) is 1. The second kappa shape index (κ2) is 9.71. The highest BCUT2D eigenvalue weighted by molar-refractivity contribution is 6.10. The van der Waals surface area contributed by atoms with E-state index in [1.165, 1.54) is 11.0 Å². The van der Waals surface area contributed by atoms with Crippen molar-refractivity contribution < 1.29 is 24.3 Å². The van der Waals surface area contributed by atoms with Gasteiger partial charge in [0, 0.05) is 25.7 Å². The Kier molecular flexibility index (Phi) is 7.04. The zero-order valence-corrected chi connectivity index (χ0v) is 17.1. The summed E-state index contributed by atoms with van der Waals surface area (Å²) in [5, 5.41) is 14.9. The molecule has 1 aromatic carbocycles. The fourth-order valence-electron chi connectivity index (χ4n) is 3.85. The number of anilines is 1. The summed E-state index contributed by atoms with van der Waals surface area (Å²) in [6.45, 7) is 2.37. The summed E-state index contributed by atoms with van der Waals surface area (Å²) in [7, 11) is 1.75. The second-order valence-electron chi connectivity index (χ2n) is 7.89. The van der Waals surface area contributed by atoms with Gasteiger partial charge in [0.05, 0.1) is 17.7 Å². The Morgan fingerprint density at radius 2 is 1.97 bits per heavy atom. The van der Waals surface area contributed by atoms with E-state index >= 15 is 0 Å². The Labute approximate surface area is 175 Å². The lowest BCUT2D eigenvalue weighted by atomic mass is 9.94. The zero-order valence-electron chi connectivity index (χ0n) is 17.1. The van der Waals surface area contributed by atoms with Gasteiger partial charge in [0.15, 0.2) is 0 Å². The predicted molar refractivity (Wildman–Crippen MR) is 110 cm³/mol. The van der Waals surface area contributed by atoms with Crippen molar-refractivity contribution in [3.63, 3.8) is 0 Å². The molecule has 3 N–H and O–H groups in total. The predicted octanol–water partition coefficient (Wildman–Crippen LogP) is 1.02. The van der Waals surface area contributed by atoms with E-state index < -0.39 is 17.8 Å². The smallest absolute Gasteiger partial charge is 0.305 e. The second-order valence-corrected chi connectivity index (χ2v) is 7.89. The number of fused-ring (bicyclic) bond motifs is 1. The number of hydrogen-bond acceptors (Lipinski definition) is 5. The van der Waals surface area contributed by atoms with Crippen molar-refractivity contribution in [3.8, 4) is 0 Å². The Morgan fingerprint density at radius 3 is 2.67 bits per heavy atom. The summed E-state index contributed by atoms with van der Waals surface area (Å²) in [6.07, 6.45) is 2.90. The van der Waals surface area contributed by atoms with Gasteiger partial charge in [-0.05, 0) is 56.5 Å². The van der Waals surface area contributed by atoms with Crippen LogP contribution < -0.4 is 10.6 Å². The molecule has 0 aliphatic carbocycles. The number of carbonyl (C=O) groups excluding carboxylic acids is 3. The quantitative estimate of drug-likeness (QED) is 0.611. The van der Waals surface area contributed by atoms with Crippen molar-refractivity contribution in [1.29, 1.82) is 0 Å². The molecule has 0 unspecified atom stereocenters. The van der Waals surface area contributed by atoms with Crippen LogP contribution in [0.25, 0.3) is 0 Å². The first-order chi connectivity index (χ1) is 14.3. The van der Waals surface area contributed by atoms with Gasteiger partial charge in [-0.15, -0.1) is 0 Å². The fraction of sp³-hybridized carbons (Fsp3) is 0.524. The van der Waals surface area contributed by atoms with Crippen LogP contribution in [0.15, 0.2) is 18.2 Å². The molecular weight excluding hydrogens is 388 g/mol. The van der Waals surface area contributed by atoms with Gasteiger partial charge in [0.1, 0.15) is 6.54 Å². The molecule has 2 aliphatic rings. The molecule has 1 aromatic rings. The number of nitrogens with one attached hydrogen (secondary N) is 2. The van der Waals surface area contributed by atoms with E-state index in [1.807, 2.05) is 0 Å². The van der Waals surface area contributed by atoms with Gasteiger partial charge in [-0.2, -0.15) is 0 Å². The molecule has 0 spiro atoms. The SMILES string of the molecule is CN(CCC1CCNCC1)C(=O)c1ccc2c(c1)C(=O)N(CCC(=O)O)CC(=O)N2. The molecule has 9 nitrogen and oxygen atoms in total. The van der Waals surface area contributed by atoms with Crippen LogP contribution in [0.4, 0.5) is 5.69 Å². The van der Waals surface area contributed by atoms with Gasteiger partial charge >= 0.3 is 5.97 Å². The Bertz CT molecular complexity index is 835. The number of benzene rings is 1. The van der Waals surface area contributed by atoms with Gasteiger partial charge in [0.2, 0.25) is 5.91 Å². The molecule has 2 aliphatic heterocycles. The van der Waals surface area contributed by atoms with Crippen LogP contribution in [0.3, 0.4) is 0 Å². The number of piperidine rings is 1. The number of carboxylic acids is 1. The van der Waals surface area contributed by atoms with Crippen LogP contribution in [-0.4, -0.2) is 78.4 Å². The molecule has 0 bridgehead atoms. The van der Waals surface area contributed by atoms with Gasteiger partial charge in [-0.1, -0.05) is 0 Å². The minimum absolute atomic E-state index is 0.0741. The monoisotopic (exact) mass is 416 g/mol. The summed E-state index contributed by atoms with van der Waals surface area (Å²) in [5.74, 6) is -1.49. The summed E-state index contributed by atoms with van der Waals surface area (Å²) in [4.78, 5) is 51.6. The molecule has 9 heteroatoms. The minimum atomic E-state index is -1.05. The largest absolute Gasteiger partial charge is 0.481 e. The molecule has 3 amide bonds. The number of aliphatic carboxylic acids is 1. The van der Waals surface area contributed by atoms with E-state index in [0.717, 1.165) is 32.4 Å². The van der Waals surface area contributed by atoms with Gasteiger partial charge in [-0.3, -0.25) is 19.2 Å². The van der Waals surface area contributed by atoms with E-state index in [-0.39, 0.29) is 31.0 Å². The first kappa shape index (κ1) is 21.8. The van der Waals surface area contributed by atoms with Gasteiger partial charge < -0.3 is 25.5 Å². The number of hydrogen-bond donors (Lipinski definition) is 3. The van der Waals surface area contributed by atoms with E-state index in [1.54, 1.807) is 24.1 Å². The highest BCUT2D eigenvalue weighted by atomic mass is 16.4. The van der Waals surface area contributed by atoms with Crippen molar-refractivity contribution in [2.75, 3.05) is 45.1 Å². The third kappa shape index (κ3) is 5.35. The maximum atomic E-state index is 12.9. The molecule has 2 heterocycles. The van der Waals surface area contributed by atoms with E-state index in [4.69, 9.17) is 5.11 Å². The Balaban J connectivity index is 1.72. The Hall–Kier alpha value is -2.94. The maximum absolute atomic E-state index is 12.9. The lowest BCUT2D eigenvalue weighted by molar-refractivity contribution is -0.137. The minimum Gasteiger partial charge on any atom is -0.481 e. The van der Waals surface area contributed by atoms with Crippen LogP contribution in [0.1, 0.15) is 46.4 Å². The molecule has 0 aromatic heterocycles. The third-order valence-corrected chi connectivity index (χ3v) is 5.67. The lowest BCUT2D eigenvalue weighted by Gasteiger charge is -2.25. The van der Waals surface area contributed by atoms with Crippen molar-refractivity contribution in [3.05, 3.63) is 29.3 Å². The zero-order chi connectivity index (χ0) is 21.7. The van der Waals surface area contributed by atoms with Crippen molar-refractivity contribution >= 4 is 29.4 Å². The molecule has 1 saturated heterocycles. The van der Waals surface area contributed by atoms with Crippen LogP contribution in [0.5, 0.6) is 0 Å². The first-order valence-electron chi connectivity index (χ1n) is 10.3. The van der Waals surface area contributed by atoms with Gasteiger partial charge in [0.25, 0.3) is 11.8 Å². The molecule has 1 fully saturated rings. The molecule has 3 rings (SSSR count). The average molecular weight is 416 g/mol. The fourth-order valence-corrected chi connectivity index (χ4v) is 3.85. The third-order valence-electron chi connectivity index (χ3n) is 5.67. The summed E-state index contributed by atoms with van der Waals surface area (Å²) < 4.78 is 0. The molecule has 0 atom stereocenters. The number of carbonyl (C=O) groups is 4. The van der Waals surface area contributed by atoms with Crippen molar-refractivity contribution in [1.82, 2.24) is 15.1 Å². The average Bonchev–Trinajstić information content (AvgIpc) is 2.86. The van der Waals surface area contributed by atoms with Crippen LogP contribution in [0, 0.1) is 5.92 Å². The summed E-state index contributed by atoms with van der Waals surface area (Å²) >= 11 is 0. The molecule has 0 saturated carbocycles. The Morgan fingerprint density at radius 1 is 1.23 bits per heavy atom. The summed E-state index contributed by atoms with van der Waals surface area (Å²) in [6, 6.07) is 4.64. The molecule has 30 heavy (non-hydrogen) atoms. The molecular formula is C21H28N4O5. The highest BCUT2D eigenvalue weighted by Crippen LogP contribution is 2.24. The lowest BCUT2D eigenvalue weighted by Crippen LogP contribution is -2.36. The first-order valence-corrected chi connectivity index (χ1v) is 10.3.